The lowest BCUT2D eigenvalue weighted by Crippen LogP contribution is -2.53. The normalized spacial score (nSPS) is 25.8. The summed E-state index contributed by atoms with van der Waals surface area (Å²) >= 11 is 12.8. The van der Waals surface area contributed by atoms with Crippen molar-refractivity contribution in [1.82, 2.24) is 9.91 Å². The van der Waals surface area contributed by atoms with Gasteiger partial charge in [0.25, 0.3) is 11.8 Å². The molecule has 10 nitrogen and oxygen atoms in total. The van der Waals surface area contributed by atoms with E-state index in [0.717, 1.165) is 16.1 Å². The highest BCUT2D eigenvalue weighted by molar-refractivity contribution is 6.36. The van der Waals surface area contributed by atoms with E-state index in [1.165, 1.54) is 17.0 Å². The molecule has 2 N–H and O–H groups in total. The van der Waals surface area contributed by atoms with Crippen LogP contribution in [0.3, 0.4) is 0 Å². The Bertz CT molecular complexity index is 2290. The van der Waals surface area contributed by atoms with Crippen LogP contribution in [0.1, 0.15) is 56.2 Å². The number of rotatable bonds is 8. The summed E-state index contributed by atoms with van der Waals surface area (Å²) in [5.41, 5.74) is 3.46. The topological polar surface area (TPSA) is 125 Å². The molecule has 6 atom stereocenters. The van der Waals surface area contributed by atoms with Crippen molar-refractivity contribution in [2.75, 3.05) is 12.5 Å². The van der Waals surface area contributed by atoms with Gasteiger partial charge >= 0.3 is 0 Å². The van der Waals surface area contributed by atoms with Crippen molar-refractivity contribution in [2.24, 2.45) is 23.7 Å². The Kier molecular flexibility index (Phi) is 9.40. The van der Waals surface area contributed by atoms with Crippen molar-refractivity contribution < 1.29 is 33.8 Å². The van der Waals surface area contributed by atoms with Crippen LogP contribution in [0.15, 0.2) is 103 Å². The molecule has 2 heterocycles. The molecule has 0 radical (unpaired) electrons. The number of carbonyl (C=O) groups is 4. The molecule has 2 aliphatic heterocycles. The average molecular weight is 795 g/mol. The molecule has 0 bridgehead atoms. The second-order valence-electron chi connectivity index (χ2n) is 15.9. The number of amides is 4. The fraction of sp³-hybridized carbons (Fsp3) is 0.318. The van der Waals surface area contributed by atoms with Crippen LogP contribution in [0.4, 0.5) is 5.69 Å². The Morgan fingerprint density at radius 1 is 0.857 bits per heavy atom. The number of methoxy groups -OCH3 is 1. The van der Waals surface area contributed by atoms with Crippen LogP contribution < -0.4 is 14.9 Å². The van der Waals surface area contributed by atoms with Gasteiger partial charge in [0.1, 0.15) is 23.9 Å². The van der Waals surface area contributed by atoms with Crippen LogP contribution in [0.5, 0.6) is 17.2 Å². The molecule has 12 heteroatoms. The fourth-order valence-electron chi connectivity index (χ4n) is 9.45. The predicted molar refractivity (Wildman–Crippen MR) is 211 cm³/mol. The number of anilines is 1. The first-order valence-electron chi connectivity index (χ1n) is 18.6. The molecule has 4 aromatic rings. The first kappa shape index (κ1) is 37.6. The number of fused-ring (bicyclic) bond motifs is 4. The number of imide groups is 2. The lowest BCUT2D eigenvalue weighted by Gasteiger charge is -2.50. The van der Waals surface area contributed by atoms with Gasteiger partial charge in [-0.05, 0) is 87.1 Å². The minimum absolute atomic E-state index is 0.0999. The van der Waals surface area contributed by atoms with E-state index >= 15 is 4.79 Å². The molecule has 0 unspecified atom stereocenters. The number of aromatic hydroxyl groups is 1. The molecule has 288 valence electrons. The number of benzene rings is 4. The number of nitrogens with one attached hydrogen (secondary N) is 1. The van der Waals surface area contributed by atoms with E-state index < -0.39 is 52.4 Å². The number of allylic oxidation sites excluding steroid dienone is 2. The molecule has 2 aliphatic carbocycles. The number of carbonyl (C=O) groups excluding carboxylic acids is 4. The predicted octanol–water partition coefficient (Wildman–Crippen LogP) is 8.07. The van der Waals surface area contributed by atoms with Gasteiger partial charge in [-0.25, -0.2) is 0 Å². The first-order chi connectivity index (χ1) is 26.7. The van der Waals surface area contributed by atoms with Gasteiger partial charge in [0.2, 0.25) is 11.8 Å². The Morgan fingerprint density at radius 3 is 2.23 bits per heavy atom. The number of ether oxygens (including phenoxy) is 2. The summed E-state index contributed by atoms with van der Waals surface area (Å²) in [4.78, 5) is 60.2. The summed E-state index contributed by atoms with van der Waals surface area (Å²) in [6.07, 6.45) is 2.32. The van der Waals surface area contributed by atoms with Crippen LogP contribution >= 0.6 is 23.2 Å². The zero-order valence-electron chi connectivity index (χ0n) is 31.3. The molecular formula is C44H41Cl2N3O7. The van der Waals surface area contributed by atoms with Crippen molar-refractivity contribution >= 4 is 52.5 Å². The third-order valence-electron chi connectivity index (χ3n) is 11.8. The molecule has 8 rings (SSSR count). The highest BCUT2D eigenvalue weighted by atomic mass is 35.5. The standard InChI is InChI=1S/C44H41Cl2N3O7/c1-43(2,3)48-39(51)31-18-17-29-32(37(31)41(48)53)22-33-40(52)49(47-35-19-12-26(45)20-34(35)46)42(54)44(33,25-10-13-27(55-4)14-11-25)38(29)30-16-15-28(21-36(30)50)56-23-24-8-6-5-7-9-24/h5-17,19-21,31-33,37-38,47,50H,18,22-23H2,1-4H3/t31-,32+,33-,37-,38+,44+/m0/s1. The van der Waals surface area contributed by atoms with Gasteiger partial charge in [-0.1, -0.05) is 83.4 Å². The third-order valence-corrected chi connectivity index (χ3v) is 12.4. The van der Waals surface area contributed by atoms with Crippen LogP contribution in [0, 0.1) is 23.7 Å². The maximum absolute atomic E-state index is 15.5. The maximum atomic E-state index is 15.5. The van der Waals surface area contributed by atoms with Crippen LogP contribution in [0.25, 0.3) is 0 Å². The second-order valence-corrected chi connectivity index (χ2v) is 16.7. The zero-order chi connectivity index (χ0) is 39.7. The monoisotopic (exact) mass is 793 g/mol. The van der Waals surface area contributed by atoms with E-state index in [-0.39, 0.29) is 47.7 Å². The van der Waals surface area contributed by atoms with Gasteiger partial charge in [0.15, 0.2) is 0 Å². The number of hydrazine groups is 1. The van der Waals surface area contributed by atoms with E-state index in [4.69, 9.17) is 32.7 Å². The summed E-state index contributed by atoms with van der Waals surface area (Å²) in [5.74, 6) is -4.79. The molecule has 3 fully saturated rings. The van der Waals surface area contributed by atoms with Gasteiger partial charge in [-0.2, -0.15) is 5.01 Å². The Hall–Kier alpha value is -5.32. The SMILES string of the molecule is COc1ccc([C@@]23C(=O)N(Nc4ccc(Cl)cc4Cl)C(=O)[C@@H]2C[C@@H]2C(=CC[C@@H]4C(=O)N(C(C)(C)C)C(=O)[C@@H]42)[C@@H]3c2ccc(OCc3ccccc3)cc2O)cc1. The van der Waals surface area contributed by atoms with E-state index in [1.807, 2.05) is 57.2 Å². The smallest absolute Gasteiger partial charge is 0.260 e. The van der Waals surface area contributed by atoms with E-state index in [2.05, 4.69) is 5.43 Å². The first-order valence-corrected chi connectivity index (χ1v) is 19.3. The minimum atomic E-state index is -1.62. The summed E-state index contributed by atoms with van der Waals surface area (Å²) in [6.45, 7) is 5.75. The average Bonchev–Trinajstić information content (AvgIpc) is 3.56. The molecule has 56 heavy (non-hydrogen) atoms. The maximum Gasteiger partial charge on any atom is 0.260 e. The summed E-state index contributed by atoms with van der Waals surface area (Å²) in [5, 5.41) is 13.6. The lowest BCUT2D eigenvalue weighted by atomic mass is 9.49. The van der Waals surface area contributed by atoms with Gasteiger partial charge < -0.3 is 14.6 Å². The van der Waals surface area contributed by atoms with E-state index in [1.54, 1.807) is 55.6 Å². The lowest BCUT2D eigenvalue weighted by molar-refractivity contribution is -0.146. The van der Waals surface area contributed by atoms with Gasteiger partial charge in [-0.15, -0.1) is 0 Å². The number of hydrogen-bond donors (Lipinski definition) is 2. The molecule has 1 saturated carbocycles. The molecule has 0 spiro atoms. The highest BCUT2D eigenvalue weighted by Gasteiger charge is 2.71. The fourth-order valence-corrected chi connectivity index (χ4v) is 9.90. The van der Waals surface area contributed by atoms with Crippen LogP contribution in [-0.2, 0) is 31.2 Å². The van der Waals surface area contributed by atoms with E-state index in [0.29, 0.717) is 27.6 Å². The quantitative estimate of drug-likeness (QED) is 0.136. The van der Waals surface area contributed by atoms with Crippen LogP contribution in [0.2, 0.25) is 10.0 Å². The van der Waals surface area contributed by atoms with Crippen molar-refractivity contribution in [3.63, 3.8) is 0 Å². The van der Waals surface area contributed by atoms with Gasteiger partial charge in [0, 0.05) is 28.1 Å². The molecular weight excluding hydrogens is 753 g/mol. The number of halogens is 2. The summed E-state index contributed by atoms with van der Waals surface area (Å²) in [7, 11) is 1.54. The number of hydrogen-bond acceptors (Lipinski definition) is 8. The number of likely N-dealkylation sites (tertiary alicyclic amines) is 1. The number of nitrogens with zero attached hydrogens (tertiary/aromatic N) is 2. The Labute approximate surface area is 335 Å². The van der Waals surface area contributed by atoms with Gasteiger partial charge in [-0.3, -0.25) is 29.5 Å². The van der Waals surface area contributed by atoms with Crippen molar-refractivity contribution in [1.29, 1.82) is 0 Å². The van der Waals surface area contributed by atoms with Crippen molar-refractivity contribution in [2.45, 2.75) is 57.1 Å². The second kappa shape index (κ2) is 14.0. The largest absolute Gasteiger partial charge is 0.508 e. The number of phenols is 1. The van der Waals surface area contributed by atoms with Crippen molar-refractivity contribution in [3.8, 4) is 17.2 Å². The van der Waals surface area contributed by atoms with Gasteiger partial charge in [0.05, 0.1) is 41.0 Å². The molecule has 4 aromatic carbocycles. The molecule has 0 aromatic heterocycles. The molecule has 4 aliphatic rings. The minimum Gasteiger partial charge on any atom is -0.508 e. The van der Waals surface area contributed by atoms with Crippen LogP contribution in [-0.4, -0.2) is 51.3 Å². The Morgan fingerprint density at radius 2 is 1.57 bits per heavy atom. The summed E-state index contributed by atoms with van der Waals surface area (Å²) in [6, 6.07) is 26.3. The van der Waals surface area contributed by atoms with E-state index in [9.17, 15) is 19.5 Å². The highest BCUT2D eigenvalue weighted by Crippen LogP contribution is 2.65. The number of phenolic OH excluding ortho intramolecular Hbond substituents is 1. The summed E-state index contributed by atoms with van der Waals surface area (Å²) < 4.78 is 11.6. The molecule has 4 amide bonds. The van der Waals surface area contributed by atoms with Crippen molar-refractivity contribution in [3.05, 3.63) is 129 Å². The Balaban J connectivity index is 1.32. The third kappa shape index (κ3) is 5.92. The molecule has 2 saturated heterocycles. The zero-order valence-corrected chi connectivity index (χ0v) is 32.8.